The van der Waals surface area contributed by atoms with Crippen LogP contribution in [0, 0.1) is 0 Å². The van der Waals surface area contributed by atoms with E-state index in [1.54, 1.807) is 23.1 Å². The molecule has 1 aliphatic rings. The van der Waals surface area contributed by atoms with Gasteiger partial charge in [-0.3, -0.25) is 14.9 Å². The van der Waals surface area contributed by atoms with Crippen LogP contribution in [-0.2, 0) is 22.4 Å². The lowest BCUT2D eigenvalue weighted by atomic mass is 10.0. The normalized spacial score (nSPS) is 13.8. The van der Waals surface area contributed by atoms with Crippen molar-refractivity contribution in [1.29, 1.82) is 0 Å². The van der Waals surface area contributed by atoms with E-state index in [1.165, 1.54) is 0 Å². The molecule has 0 amide bonds. The molecule has 1 saturated heterocycles. The van der Waals surface area contributed by atoms with Crippen molar-refractivity contribution < 1.29 is 9.53 Å². The van der Waals surface area contributed by atoms with Gasteiger partial charge in [0.2, 0.25) is 5.95 Å². The summed E-state index contributed by atoms with van der Waals surface area (Å²) in [5.41, 5.74) is 5.05. The molecule has 180 valence electrons. The summed E-state index contributed by atoms with van der Waals surface area (Å²) in [4.78, 5) is 28.2. The number of aromatic nitrogens is 7. The molecule has 0 radical (unpaired) electrons. The minimum absolute atomic E-state index is 0.108. The van der Waals surface area contributed by atoms with Crippen LogP contribution >= 0.6 is 0 Å². The maximum atomic E-state index is 12.7. The minimum Gasteiger partial charge on any atom is -0.378 e. The Hall–Kier alpha value is -4.44. The first-order valence-corrected chi connectivity index (χ1v) is 11.8. The fourth-order valence-corrected chi connectivity index (χ4v) is 4.29. The summed E-state index contributed by atoms with van der Waals surface area (Å²) < 4.78 is 7.23. The topological polar surface area (TPSA) is 114 Å². The van der Waals surface area contributed by atoms with E-state index < -0.39 is 0 Å². The van der Waals surface area contributed by atoms with Crippen molar-refractivity contribution in [3.05, 3.63) is 78.4 Å². The standard InChI is InChI=1S/C26H24N8O2/c35-22(15-21-16-23(31-30-21)20-2-1-8-27-17-20)14-18-3-5-19(6-4-18)25-29-24-7-9-28-26(34(24)32-25)33-10-12-36-13-11-33/h1-9,16-17H,10-15H2,(H,30,31). The monoisotopic (exact) mass is 480 g/mol. The molecular formula is C26H24N8O2. The smallest absolute Gasteiger partial charge is 0.228 e. The Morgan fingerprint density at radius 3 is 2.67 bits per heavy atom. The van der Waals surface area contributed by atoms with Gasteiger partial charge in [-0.15, -0.1) is 5.10 Å². The predicted molar refractivity (Wildman–Crippen MR) is 133 cm³/mol. The maximum absolute atomic E-state index is 12.7. The number of pyridine rings is 1. The number of nitrogens with zero attached hydrogens (tertiary/aromatic N) is 7. The number of ketones is 1. The van der Waals surface area contributed by atoms with Gasteiger partial charge in [0, 0.05) is 67.4 Å². The number of morpholine rings is 1. The molecule has 0 spiro atoms. The molecule has 0 aliphatic carbocycles. The predicted octanol–water partition coefficient (Wildman–Crippen LogP) is 2.77. The second-order valence-corrected chi connectivity index (χ2v) is 8.66. The molecule has 0 unspecified atom stereocenters. The molecule has 5 aromatic rings. The molecule has 36 heavy (non-hydrogen) atoms. The van der Waals surface area contributed by atoms with Crippen LogP contribution in [0.25, 0.3) is 28.3 Å². The van der Waals surface area contributed by atoms with Crippen molar-refractivity contribution >= 4 is 17.4 Å². The second kappa shape index (κ2) is 9.67. The molecule has 0 bridgehead atoms. The van der Waals surface area contributed by atoms with Crippen LogP contribution in [0.15, 0.2) is 67.1 Å². The lowest BCUT2D eigenvalue weighted by Gasteiger charge is -2.27. The summed E-state index contributed by atoms with van der Waals surface area (Å²) >= 11 is 0. The lowest BCUT2D eigenvalue weighted by molar-refractivity contribution is -0.117. The van der Waals surface area contributed by atoms with Crippen molar-refractivity contribution in [2.24, 2.45) is 0 Å². The average molecular weight is 481 g/mol. The van der Waals surface area contributed by atoms with E-state index in [9.17, 15) is 4.79 Å². The van der Waals surface area contributed by atoms with Crippen LogP contribution < -0.4 is 4.90 Å². The first-order valence-electron chi connectivity index (χ1n) is 11.8. The second-order valence-electron chi connectivity index (χ2n) is 8.66. The Bertz CT molecular complexity index is 1490. The van der Waals surface area contributed by atoms with Crippen LogP contribution in [0.2, 0.25) is 0 Å². The SMILES string of the molecule is O=C(Cc1ccc(-c2nc3ccnc(N4CCOCC4)n3n2)cc1)Cc1cc(-c2cccnc2)n[nH]1. The van der Waals surface area contributed by atoms with E-state index in [0.29, 0.717) is 31.9 Å². The van der Waals surface area contributed by atoms with E-state index in [2.05, 4.69) is 30.0 Å². The first-order chi connectivity index (χ1) is 17.7. The van der Waals surface area contributed by atoms with E-state index in [-0.39, 0.29) is 5.78 Å². The van der Waals surface area contributed by atoms with Crippen molar-refractivity contribution in [2.45, 2.75) is 12.8 Å². The van der Waals surface area contributed by atoms with E-state index in [1.807, 2.05) is 48.5 Å². The van der Waals surface area contributed by atoms with Crippen molar-refractivity contribution in [1.82, 2.24) is 34.8 Å². The molecule has 10 nitrogen and oxygen atoms in total. The van der Waals surface area contributed by atoms with Crippen molar-refractivity contribution in [3.63, 3.8) is 0 Å². The number of hydrogen-bond donors (Lipinski definition) is 1. The van der Waals surface area contributed by atoms with Crippen LogP contribution in [0.1, 0.15) is 11.3 Å². The molecule has 4 aromatic heterocycles. The van der Waals surface area contributed by atoms with Gasteiger partial charge in [0.25, 0.3) is 0 Å². The van der Waals surface area contributed by atoms with Crippen LogP contribution in [-0.4, -0.2) is 66.8 Å². The summed E-state index contributed by atoms with van der Waals surface area (Å²) in [6.45, 7) is 2.89. The fourth-order valence-electron chi connectivity index (χ4n) is 4.29. The molecule has 1 aromatic carbocycles. The zero-order valence-electron chi connectivity index (χ0n) is 19.5. The van der Waals surface area contributed by atoms with Crippen LogP contribution in [0.4, 0.5) is 5.95 Å². The number of ether oxygens (including phenoxy) is 1. The molecule has 6 rings (SSSR count). The highest BCUT2D eigenvalue weighted by Crippen LogP contribution is 2.21. The molecule has 1 aliphatic heterocycles. The number of Topliss-reactive ketones (excluding diaryl/α,β-unsaturated/α-hetero) is 1. The van der Waals surface area contributed by atoms with Crippen molar-refractivity contribution in [2.75, 3.05) is 31.2 Å². The molecule has 0 saturated carbocycles. The lowest BCUT2D eigenvalue weighted by Crippen LogP contribution is -2.38. The number of benzene rings is 1. The Balaban J connectivity index is 1.14. The van der Waals surface area contributed by atoms with Gasteiger partial charge in [0.1, 0.15) is 5.78 Å². The third-order valence-electron chi connectivity index (χ3n) is 6.12. The summed E-state index contributed by atoms with van der Waals surface area (Å²) in [6, 6.07) is 15.4. The largest absolute Gasteiger partial charge is 0.378 e. The molecule has 1 N–H and O–H groups in total. The molecule has 5 heterocycles. The average Bonchev–Trinajstić information content (AvgIpc) is 3.57. The number of aromatic amines is 1. The molecule has 1 fully saturated rings. The van der Waals surface area contributed by atoms with Crippen LogP contribution in [0.3, 0.4) is 0 Å². The van der Waals surface area contributed by atoms with E-state index in [4.69, 9.17) is 9.84 Å². The minimum atomic E-state index is 0.108. The summed E-state index contributed by atoms with van der Waals surface area (Å²) in [5, 5.41) is 12.0. The summed E-state index contributed by atoms with van der Waals surface area (Å²) in [7, 11) is 0. The summed E-state index contributed by atoms with van der Waals surface area (Å²) in [6.07, 6.45) is 5.86. The van der Waals surface area contributed by atoms with Gasteiger partial charge in [-0.25, -0.2) is 9.97 Å². The number of H-pyrrole nitrogens is 1. The van der Waals surface area contributed by atoms with Gasteiger partial charge < -0.3 is 9.64 Å². The number of carbonyl (C=O) groups is 1. The maximum Gasteiger partial charge on any atom is 0.228 e. The molecule has 10 heteroatoms. The van der Waals surface area contributed by atoms with E-state index >= 15 is 0 Å². The highest BCUT2D eigenvalue weighted by Gasteiger charge is 2.18. The number of rotatable bonds is 7. The van der Waals surface area contributed by atoms with Gasteiger partial charge in [0.05, 0.1) is 18.9 Å². The highest BCUT2D eigenvalue weighted by atomic mass is 16.5. The highest BCUT2D eigenvalue weighted by molar-refractivity contribution is 5.83. The van der Waals surface area contributed by atoms with Crippen LogP contribution in [0.5, 0.6) is 0 Å². The Morgan fingerprint density at radius 1 is 1.00 bits per heavy atom. The molecular weight excluding hydrogens is 456 g/mol. The van der Waals surface area contributed by atoms with Gasteiger partial charge in [-0.1, -0.05) is 24.3 Å². The fraction of sp³-hybridized carbons (Fsp3) is 0.231. The number of fused-ring (bicyclic) bond motifs is 1. The number of nitrogens with one attached hydrogen (secondary N) is 1. The third kappa shape index (κ3) is 4.58. The Kier molecular flexibility index (Phi) is 5.92. The van der Waals surface area contributed by atoms with Gasteiger partial charge >= 0.3 is 0 Å². The number of hydrogen-bond acceptors (Lipinski definition) is 8. The molecule has 0 atom stereocenters. The Labute approximate surface area is 207 Å². The zero-order chi connectivity index (χ0) is 24.3. The van der Waals surface area contributed by atoms with Crippen molar-refractivity contribution in [3.8, 4) is 22.6 Å². The van der Waals surface area contributed by atoms with Gasteiger partial charge in [-0.05, 0) is 23.8 Å². The quantitative estimate of drug-likeness (QED) is 0.378. The van der Waals surface area contributed by atoms with Gasteiger partial charge in [0.15, 0.2) is 11.5 Å². The number of carbonyl (C=O) groups excluding carboxylic acids is 1. The first kappa shape index (κ1) is 22.1. The van der Waals surface area contributed by atoms with E-state index in [0.717, 1.165) is 52.8 Å². The Morgan fingerprint density at radius 2 is 1.86 bits per heavy atom. The summed E-state index contributed by atoms with van der Waals surface area (Å²) in [5.74, 6) is 1.49. The zero-order valence-corrected chi connectivity index (χ0v) is 19.5. The third-order valence-corrected chi connectivity index (χ3v) is 6.12. The number of anilines is 1. The van der Waals surface area contributed by atoms with Gasteiger partial charge in [-0.2, -0.15) is 9.61 Å².